The summed E-state index contributed by atoms with van der Waals surface area (Å²) in [6, 6.07) is 12.2. The highest BCUT2D eigenvalue weighted by atomic mass is 16.5. The Morgan fingerprint density at radius 3 is 2.67 bits per heavy atom. The van der Waals surface area contributed by atoms with Crippen LogP contribution in [0.1, 0.15) is 30.9 Å². The molecule has 1 aliphatic heterocycles. The van der Waals surface area contributed by atoms with Crippen LogP contribution >= 0.6 is 0 Å². The third kappa shape index (κ3) is 3.92. The quantitative estimate of drug-likeness (QED) is 0.817. The summed E-state index contributed by atoms with van der Waals surface area (Å²) in [7, 11) is 0. The zero-order chi connectivity index (χ0) is 18.6. The van der Waals surface area contributed by atoms with E-state index in [1.54, 1.807) is 0 Å². The topological polar surface area (TPSA) is 45.7 Å². The number of aromatic nitrogens is 1. The van der Waals surface area contributed by atoms with E-state index in [-0.39, 0.29) is 5.91 Å². The van der Waals surface area contributed by atoms with Crippen LogP contribution in [-0.2, 0) is 17.6 Å². The van der Waals surface area contributed by atoms with Crippen molar-refractivity contribution in [3.63, 3.8) is 0 Å². The molecule has 1 amide bonds. The van der Waals surface area contributed by atoms with Crippen LogP contribution in [0.5, 0.6) is 5.75 Å². The van der Waals surface area contributed by atoms with Gasteiger partial charge in [0.15, 0.2) is 6.10 Å². The average molecular weight is 365 g/mol. The second-order valence-corrected chi connectivity index (χ2v) is 7.30. The van der Waals surface area contributed by atoms with Crippen molar-refractivity contribution in [2.75, 3.05) is 31.1 Å². The normalized spacial score (nSPS) is 17.5. The number of pyridine rings is 1. The van der Waals surface area contributed by atoms with Crippen molar-refractivity contribution < 1.29 is 9.53 Å². The molecule has 2 aromatic rings. The van der Waals surface area contributed by atoms with E-state index in [1.165, 1.54) is 17.5 Å². The lowest BCUT2D eigenvalue weighted by Crippen LogP contribution is -2.52. The number of amides is 1. The molecule has 142 valence electrons. The standard InChI is InChI=1S/C22H27N3O2/c1-2-20(27-19-10-9-17-6-5-7-18(17)16-19)22(26)25-14-12-24(13-15-25)21-8-3-4-11-23-21/h3-4,8-11,16,20H,2,5-7,12-15H2,1H3. The highest BCUT2D eigenvalue weighted by Crippen LogP contribution is 2.27. The maximum atomic E-state index is 13.0. The molecule has 0 N–H and O–H groups in total. The van der Waals surface area contributed by atoms with Crippen molar-refractivity contribution in [3.05, 3.63) is 53.7 Å². The Hall–Kier alpha value is -2.56. The number of piperazine rings is 1. The van der Waals surface area contributed by atoms with Crippen LogP contribution < -0.4 is 9.64 Å². The summed E-state index contributed by atoms with van der Waals surface area (Å²) in [5.41, 5.74) is 2.80. The molecule has 5 heteroatoms. The van der Waals surface area contributed by atoms with Gasteiger partial charge in [-0.05, 0) is 61.1 Å². The number of nitrogens with zero attached hydrogens (tertiary/aromatic N) is 3. The molecule has 5 nitrogen and oxygen atoms in total. The lowest BCUT2D eigenvalue weighted by Gasteiger charge is -2.36. The number of rotatable bonds is 5. The minimum atomic E-state index is -0.411. The number of anilines is 1. The van der Waals surface area contributed by atoms with Gasteiger partial charge in [0.25, 0.3) is 5.91 Å². The van der Waals surface area contributed by atoms with Crippen molar-refractivity contribution in [1.82, 2.24) is 9.88 Å². The van der Waals surface area contributed by atoms with Gasteiger partial charge in [0.05, 0.1) is 0 Å². The van der Waals surface area contributed by atoms with E-state index in [4.69, 9.17) is 4.74 Å². The summed E-state index contributed by atoms with van der Waals surface area (Å²) in [5.74, 6) is 1.90. The number of ether oxygens (including phenoxy) is 1. The second kappa shape index (κ2) is 7.99. The predicted molar refractivity (Wildman–Crippen MR) is 106 cm³/mol. The Morgan fingerprint density at radius 1 is 1.11 bits per heavy atom. The third-order valence-corrected chi connectivity index (χ3v) is 5.56. The smallest absolute Gasteiger partial charge is 0.263 e. The summed E-state index contributed by atoms with van der Waals surface area (Å²) in [5, 5.41) is 0. The summed E-state index contributed by atoms with van der Waals surface area (Å²) in [6.07, 6.45) is 5.57. The van der Waals surface area contributed by atoms with Crippen molar-refractivity contribution in [2.24, 2.45) is 0 Å². The fraction of sp³-hybridized carbons (Fsp3) is 0.455. The molecular weight excluding hydrogens is 338 g/mol. The molecule has 0 radical (unpaired) electrons. The molecule has 27 heavy (non-hydrogen) atoms. The summed E-state index contributed by atoms with van der Waals surface area (Å²) in [4.78, 5) is 21.5. The number of hydrogen-bond acceptors (Lipinski definition) is 4. The van der Waals surface area contributed by atoms with Crippen LogP contribution in [0, 0.1) is 0 Å². The van der Waals surface area contributed by atoms with E-state index in [1.807, 2.05) is 42.3 Å². The number of carbonyl (C=O) groups is 1. The molecule has 0 saturated carbocycles. The fourth-order valence-corrected chi connectivity index (χ4v) is 3.99. The largest absolute Gasteiger partial charge is 0.481 e. The maximum Gasteiger partial charge on any atom is 0.263 e. The van der Waals surface area contributed by atoms with Crippen molar-refractivity contribution >= 4 is 11.7 Å². The molecule has 2 aliphatic rings. The van der Waals surface area contributed by atoms with Gasteiger partial charge in [-0.25, -0.2) is 4.98 Å². The molecule has 1 aromatic heterocycles. The van der Waals surface area contributed by atoms with Crippen LogP contribution in [0.15, 0.2) is 42.6 Å². The van der Waals surface area contributed by atoms with Crippen LogP contribution in [0.3, 0.4) is 0 Å². The Kier molecular flexibility index (Phi) is 5.28. The molecule has 0 spiro atoms. The van der Waals surface area contributed by atoms with Gasteiger partial charge in [0.1, 0.15) is 11.6 Å². The van der Waals surface area contributed by atoms with Crippen LogP contribution in [0.25, 0.3) is 0 Å². The molecule has 2 heterocycles. The van der Waals surface area contributed by atoms with E-state index in [0.717, 1.165) is 37.5 Å². The van der Waals surface area contributed by atoms with Gasteiger partial charge in [-0.15, -0.1) is 0 Å². The summed E-state index contributed by atoms with van der Waals surface area (Å²) >= 11 is 0. The zero-order valence-electron chi connectivity index (χ0n) is 15.9. The molecule has 1 atom stereocenters. The number of hydrogen-bond donors (Lipinski definition) is 0. The summed E-state index contributed by atoms with van der Waals surface area (Å²) < 4.78 is 6.10. The molecule has 1 saturated heterocycles. The molecule has 1 fully saturated rings. The maximum absolute atomic E-state index is 13.0. The SMILES string of the molecule is CCC(Oc1ccc2c(c1)CCC2)C(=O)N1CCN(c2ccccn2)CC1. The highest BCUT2D eigenvalue weighted by molar-refractivity contribution is 5.81. The van der Waals surface area contributed by atoms with Gasteiger partial charge in [-0.2, -0.15) is 0 Å². The fourth-order valence-electron chi connectivity index (χ4n) is 3.99. The minimum Gasteiger partial charge on any atom is -0.481 e. The van der Waals surface area contributed by atoms with Gasteiger partial charge in [-0.1, -0.05) is 19.1 Å². The molecule has 1 aliphatic carbocycles. The number of aryl methyl sites for hydroxylation is 2. The van der Waals surface area contributed by atoms with E-state index >= 15 is 0 Å². The Bertz CT molecular complexity index is 785. The number of fused-ring (bicyclic) bond motifs is 1. The Morgan fingerprint density at radius 2 is 1.93 bits per heavy atom. The number of benzene rings is 1. The van der Waals surface area contributed by atoms with Crippen molar-refractivity contribution in [3.8, 4) is 5.75 Å². The van der Waals surface area contributed by atoms with Crippen molar-refractivity contribution in [2.45, 2.75) is 38.7 Å². The summed E-state index contributed by atoms with van der Waals surface area (Å²) in [6.45, 7) is 5.04. The van der Waals surface area contributed by atoms with E-state index < -0.39 is 6.10 Å². The zero-order valence-corrected chi connectivity index (χ0v) is 15.9. The van der Waals surface area contributed by atoms with Crippen LogP contribution in [-0.4, -0.2) is 48.1 Å². The predicted octanol–water partition coefficient (Wildman–Crippen LogP) is 3.08. The van der Waals surface area contributed by atoms with Crippen LogP contribution in [0.4, 0.5) is 5.82 Å². The van der Waals surface area contributed by atoms with Crippen molar-refractivity contribution in [1.29, 1.82) is 0 Å². The molecule has 1 unspecified atom stereocenters. The first-order valence-corrected chi connectivity index (χ1v) is 9.98. The van der Waals surface area contributed by atoms with E-state index in [0.29, 0.717) is 19.5 Å². The van der Waals surface area contributed by atoms with Crippen LogP contribution in [0.2, 0.25) is 0 Å². The lowest BCUT2D eigenvalue weighted by molar-refractivity contribution is -0.139. The van der Waals surface area contributed by atoms with Gasteiger partial charge in [0.2, 0.25) is 0 Å². The van der Waals surface area contributed by atoms with Gasteiger partial charge in [0, 0.05) is 32.4 Å². The first-order valence-electron chi connectivity index (χ1n) is 9.98. The number of carbonyl (C=O) groups excluding carboxylic acids is 1. The minimum absolute atomic E-state index is 0.0960. The Balaban J connectivity index is 1.36. The van der Waals surface area contributed by atoms with Gasteiger partial charge >= 0.3 is 0 Å². The Labute approximate surface area is 161 Å². The van der Waals surface area contributed by atoms with Gasteiger partial charge < -0.3 is 14.5 Å². The monoisotopic (exact) mass is 365 g/mol. The molecular formula is C22H27N3O2. The van der Waals surface area contributed by atoms with E-state index in [9.17, 15) is 4.79 Å². The first kappa shape index (κ1) is 17.8. The van der Waals surface area contributed by atoms with Gasteiger partial charge in [-0.3, -0.25) is 4.79 Å². The third-order valence-electron chi connectivity index (χ3n) is 5.56. The first-order chi connectivity index (χ1) is 13.2. The molecule has 1 aromatic carbocycles. The lowest BCUT2D eigenvalue weighted by atomic mass is 10.1. The highest BCUT2D eigenvalue weighted by Gasteiger charge is 2.28. The van der Waals surface area contributed by atoms with E-state index in [2.05, 4.69) is 22.0 Å². The molecule has 0 bridgehead atoms. The average Bonchev–Trinajstić information content (AvgIpc) is 3.20. The molecule has 4 rings (SSSR count). The second-order valence-electron chi connectivity index (χ2n) is 7.30.